The molecule has 0 amide bonds. The van der Waals surface area contributed by atoms with Crippen molar-refractivity contribution in [2.45, 2.75) is 143 Å². The Morgan fingerprint density at radius 2 is 1.21 bits per heavy atom. The fourth-order valence-electron chi connectivity index (χ4n) is 6.67. The summed E-state index contributed by atoms with van der Waals surface area (Å²) in [5.74, 6) is 2.80. The summed E-state index contributed by atoms with van der Waals surface area (Å²) < 4.78 is 6.30. The molecule has 1 N–H and O–H groups in total. The Morgan fingerprint density at radius 1 is 0.735 bits per heavy atom. The third-order valence-electron chi connectivity index (χ3n) is 8.83. The topological polar surface area (TPSA) is 46.0 Å². The predicted molar refractivity (Wildman–Crippen MR) is 151 cm³/mol. The van der Waals surface area contributed by atoms with Crippen LogP contribution in [0.15, 0.2) is 9.98 Å². The molecule has 2 aliphatic carbocycles. The molecule has 3 rings (SSSR count). The lowest BCUT2D eigenvalue weighted by Crippen LogP contribution is -2.51. The summed E-state index contributed by atoms with van der Waals surface area (Å²) in [5.41, 5.74) is 2.70. The molecule has 1 saturated heterocycles. The van der Waals surface area contributed by atoms with Crippen molar-refractivity contribution in [1.82, 2.24) is 5.32 Å². The van der Waals surface area contributed by atoms with Crippen LogP contribution in [0.1, 0.15) is 98.8 Å². The summed E-state index contributed by atoms with van der Waals surface area (Å²) in [6.45, 7) is 19.6. The van der Waals surface area contributed by atoms with Crippen LogP contribution >= 0.6 is 0 Å². The van der Waals surface area contributed by atoms with E-state index in [4.69, 9.17) is 14.4 Å². The standard InChI is InChI=1S/C29H55N3OSi/c1-20-12-9-13-21(2)28(20)30-24(5)25-16-11-17-26(31-25)27(18-19-33-34(6,7)8)32-29-22(3)14-10-15-23(29)4/h20-23,25-26,28-29,31H,9-19H2,1-8H3. The molecule has 2 saturated carbocycles. The summed E-state index contributed by atoms with van der Waals surface area (Å²) in [6.07, 6.45) is 12.7. The lowest BCUT2D eigenvalue weighted by Gasteiger charge is -2.37. The van der Waals surface area contributed by atoms with Gasteiger partial charge in [0.15, 0.2) is 8.32 Å². The van der Waals surface area contributed by atoms with Crippen LogP contribution in [-0.4, -0.2) is 50.5 Å². The van der Waals surface area contributed by atoms with E-state index in [2.05, 4.69) is 59.6 Å². The van der Waals surface area contributed by atoms with Gasteiger partial charge in [-0.25, -0.2) is 0 Å². The molecule has 196 valence electrons. The zero-order valence-electron chi connectivity index (χ0n) is 23.7. The van der Waals surface area contributed by atoms with Crippen LogP contribution < -0.4 is 5.32 Å². The first-order valence-corrected chi connectivity index (χ1v) is 18.0. The van der Waals surface area contributed by atoms with E-state index in [0.29, 0.717) is 47.8 Å². The first-order valence-electron chi connectivity index (χ1n) is 14.6. The average Bonchev–Trinajstić information content (AvgIpc) is 2.77. The normalized spacial score (nSPS) is 38.7. The van der Waals surface area contributed by atoms with Crippen LogP contribution in [0.3, 0.4) is 0 Å². The van der Waals surface area contributed by atoms with E-state index in [1.54, 1.807) is 0 Å². The average molecular weight is 490 g/mol. The van der Waals surface area contributed by atoms with Crippen LogP contribution in [0.5, 0.6) is 0 Å². The highest BCUT2D eigenvalue weighted by Gasteiger charge is 2.32. The maximum atomic E-state index is 6.30. The van der Waals surface area contributed by atoms with Crippen molar-refractivity contribution in [2.75, 3.05) is 6.61 Å². The summed E-state index contributed by atoms with van der Waals surface area (Å²) in [6, 6.07) is 1.73. The fourth-order valence-corrected chi connectivity index (χ4v) is 7.39. The van der Waals surface area contributed by atoms with Crippen LogP contribution in [-0.2, 0) is 4.43 Å². The number of nitrogens with zero attached hydrogens (tertiary/aromatic N) is 2. The van der Waals surface area contributed by atoms with Gasteiger partial charge in [0.25, 0.3) is 0 Å². The smallest absolute Gasteiger partial charge is 0.183 e. The molecule has 3 fully saturated rings. The zero-order chi connectivity index (χ0) is 24.9. The van der Waals surface area contributed by atoms with Gasteiger partial charge in [0.2, 0.25) is 0 Å². The maximum Gasteiger partial charge on any atom is 0.183 e. The third-order valence-corrected chi connectivity index (χ3v) is 9.90. The highest BCUT2D eigenvalue weighted by atomic mass is 28.4. The molecule has 6 atom stereocenters. The van der Waals surface area contributed by atoms with E-state index in [-0.39, 0.29) is 0 Å². The minimum absolute atomic E-state index is 0.372. The second kappa shape index (κ2) is 12.6. The summed E-state index contributed by atoms with van der Waals surface area (Å²) in [5, 5.41) is 4.03. The number of nitrogens with one attached hydrogen (secondary N) is 1. The predicted octanol–water partition coefficient (Wildman–Crippen LogP) is 7.29. The largest absolute Gasteiger partial charge is 0.417 e. The van der Waals surface area contributed by atoms with Gasteiger partial charge in [-0.1, -0.05) is 40.5 Å². The van der Waals surface area contributed by atoms with E-state index >= 15 is 0 Å². The number of hydrogen-bond donors (Lipinski definition) is 1. The maximum absolute atomic E-state index is 6.30. The van der Waals surface area contributed by atoms with E-state index in [1.165, 1.54) is 69.2 Å². The van der Waals surface area contributed by atoms with Gasteiger partial charge < -0.3 is 9.74 Å². The molecule has 4 nitrogen and oxygen atoms in total. The van der Waals surface area contributed by atoms with Gasteiger partial charge in [-0.05, 0) is 95.2 Å². The minimum atomic E-state index is -1.52. The second-order valence-corrected chi connectivity index (χ2v) is 17.6. The van der Waals surface area contributed by atoms with Crippen LogP contribution in [0.2, 0.25) is 19.6 Å². The van der Waals surface area contributed by atoms with Crippen molar-refractivity contribution in [3.8, 4) is 0 Å². The molecule has 0 spiro atoms. The Bertz CT molecular complexity index is 680. The molecular weight excluding hydrogens is 434 g/mol. The van der Waals surface area contributed by atoms with Crippen LogP contribution in [0, 0.1) is 23.7 Å². The van der Waals surface area contributed by atoms with Crippen LogP contribution in [0.4, 0.5) is 0 Å². The molecule has 0 bridgehead atoms. The molecule has 5 heteroatoms. The summed E-state index contributed by atoms with van der Waals surface area (Å²) in [4.78, 5) is 10.9. The van der Waals surface area contributed by atoms with Gasteiger partial charge in [-0.15, -0.1) is 0 Å². The Kier molecular flexibility index (Phi) is 10.4. The van der Waals surface area contributed by atoms with Crippen molar-refractivity contribution >= 4 is 19.7 Å². The van der Waals surface area contributed by atoms with Crippen LogP contribution in [0.25, 0.3) is 0 Å². The first kappa shape index (κ1) is 28.1. The zero-order valence-corrected chi connectivity index (χ0v) is 24.7. The molecule has 0 aromatic carbocycles. The molecule has 3 aliphatic rings. The quantitative estimate of drug-likeness (QED) is 0.287. The Morgan fingerprint density at radius 3 is 1.74 bits per heavy atom. The van der Waals surface area contributed by atoms with Gasteiger partial charge in [0.05, 0.1) is 12.1 Å². The third kappa shape index (κ3) is 7.99. The van der Waals surface area contributed by atoms with Crippen molar-refractivity contribution in [3.05, 3.63) is 0 Å². The molecule has 0 radical (unpaired) electrons. The molecule has 0 aromatic rings. The number of piperidine rings is 1. The molecular formula is C29H55N3OSi. The van der Waals surface area contributed by atoms with Crippen molar-refractivity contribution in [1.29, 1.82) is 0 Å². The number of rotatable bonds is 8. The fraction of sp³-hybridized carbons (Fsp3) is 0.931. The van der Waals surface area contributed by atoms with E-state index in [1.807, 2.05) is 0 Å². The monoisotopic (exact) mass is 489 g/mol. The summed E-state index contributed by atoms with van der Waals surface area (Å²) in [7, 11) is -1.52. The first-order chi connectivity index (χ1) is 16.0. The highest BCUT2D eigenvalue weighted by Crippen LogP contribution is 2.33. The SMILES string of the molecule is CC(=NC1C(C)CCCC1C)C1CCCC(C(CCO[Si](C)(C)C)=NC2C(C)CCCC2C)N1. The lowest BCUT2D eigenvalue weighted by atomic mass is 9.78. The van der Waals surface area contributed by atoms with Gasteiger partial charge in [0.1, 0.15) is 0 Å². The van der Waals surface area contributed by atoms with Crippen molar-refractivity contribution < 1.29 is 4.43 Å². The molecule has 1 aliphatic heterocycles. The molecule has 6 unspecified atom stereocenters. The number of aliphatic imine (C=N–C) groups is 2. The van der Waals surface area contributed by atoms with Gasteiger partial charge in [0, 0.05) is 36.5 Å². The summed E-state index contributed by atoms with van der Waals surface area (Å²) >= 11 is 0. The number of hydrogen-bond acceptors (Lipinski definition) is 4. The Hall–Kier alpha value is -0.523. The van der Waals surface area contributed by atoms with E-state index in [0.717, 1.165) is 13.0 Å². The Labute approximate surface area is 212 Å². The molecule has 34 heavy (non-hydrogen) atoms. The molecule has 0 aromatic heterocycles. The Balaban J connectivity index is 1.75. The van der Waals surface area contributed by atoms with Gasteiger partial charge >= 0.3 is 0 Å². The van der Waals surface area contributed by atoms with Crippen molar-refractivity contribution in [2.24, 2.45) is 33.7 Å². The van der Waals surface area contributed by atoms with E-state index < -0.39 is 8.32 Å². The van der Waals surface area contributed by atoms with Gasteiger partial charge in [-0.3, -0.25) is 9.98 Å². The minimum Gasteiger partial charge on any atom is -0.417 e. The molecule has 1 heterocycles. The van der Waals surface area contributed by atoms with Crippen molar-refractivity contribution in [3.63, 3.8) is 0 Å². The lowest BCUT2D eigenvalue weighted by molar-refractivity contribution is 0.249. The van der Waals surface area contributed by atoms with Gasteiger partial charge in [-0.2, -0.15) is 0 Å². The van der Waals surface area contributed by atoms with E-state index in [9.17, 15) is 0 Å². The second-order valence-electron chi connectivity index (χ2n) is 13.1. The highest BCUT2D eigenvalue weighted by molar-refractivity contribution is 6.69.